The molecule has 1 aromatic carbocycles. The van der Waals surface area contributed by atoms with Gasteiger partial charge in [-0.15, -0.1) is 0 Å². The van der Waals surface area contributed by atoms with E-state index in [1.54, 1.807) is 0 Å². The summed E-state index contributed by atoms with van der Waals surface area (Å²) in [6.07, 6.45) is 0. The summed E-state index contributed by atoms with van der Waals surface area (Å²) in [4.78, 5) is 0. The van der Waals surface area contributed by atoms with Crippen molar-refractivity contribution in [2.75, 3.05) is 7.11 Å². The maximum Gasteiger partial charge on any atom is 0.170 e. The number of ether oxygens (including phenoxy) is 1. The molecule has 0 aliphatic rings. The SMILES string of the molecule is COc1c(F)cc(F)c(Br)c1Br. The smallest absolute Gasteiger partial charge is 0.170 e. The van der Waals surface area contributed by atoms with Gasteiger partial charge in [-0.2, -0.15) is 0 Å². The van der Waals surface area contributed by atoms with Gasteiger partial charge in [0.05, 0.1) is 16.1 Å². The Morgan fingerprint density at radius 1 is 1.17 bits per heavy atom. The van der Waals surface area contributed by atoms with Crippen LogP contribution in [0.25, 0.3) is 0 Å². The Bertz CT molecular complexity index is 315. The standard InChI is InChI=1S/C7H4Br2F2O/c1-12-7-4(11)2-3(10)5(8)6(7)9/h2H,1H3. The summed E-state index contributed by atoms with van der Waals surface area (Å²) in [6.45, 7) is 0. The highest BCUT2D eigenvalue weighted by Gasteiger charge is 2.14. The molecule has 1 aromatic rings. The molecule has 0 aliphatic heterocycles. The highest BCUT2D eigenvalue weighted by Crippen LogP contribution is 2.36. The molecule has 5 heteroatoms. The van der Waals surface area contributed by atoms with Gasteiger partial charge in [0.1, 0.15) is 5.82 Å². The van der Waals surface area contributed by atoms with Gasteiger partial charge in [-0.1, -0.05) is 0 Å². The first-order chi connectivity index (χ1) is 5.57. The summed E-state index contributed by atoms with van der Waals surface area (Å²) in [6, 6.07) is 0.758. The average Bonchev–Trinajstić information content (AvgIpc) is 2.01. The summed E-state index contributed by atoms with van der Waals surface area (Å²) >= 11 is 5.93. The fourth-order valence-electron chi connectivity index (χ4n) is 0.737. The molecule has 0 atom stereocenters. The number of halogens is 4. The van der Waals surface area contributed by atoms with Crippen molar-refractivity contribution in [3.8, 4) is 5.75 Å². The number of hydrogen-bond donors (Lipinski definition) is 0. The molecule has 0 saturated heterocycles. The lowest BCUT2D eigenvalue weighted by Crippen LogP contribution is -1.92. The Morgan fingerprint density at radius 3 is 2.25 bits per heavy atom. The summed E-state index contributed by atoms with van der Waals surface area (Å²) in [7, 11) is 1.31. The minimum atomic E-state index is -0.731. The molecule has 66 valence electrons. The topological polar surface area (TPSA) is 9.23 Å². The Morgan fingerprint density at radius 2 is 1.75 bits per heavy atom. The first-order valence-corrected chi connectivity index (χ1v) is 4.53. The van der Waals surface area contributed by atoms with Crippen LogP contribution in [-0.2, 0) is 0 Å². The molecule has 0 heterocycles. The van der Waals surface area contributed by atoms with Crippen LogP contribution in [-0.4, -0.2) is 7.11 Å². The van der Waals surface area contributed by atoms with Crippen LogP contribution < -0.4 is 4.74 Å². The van der Waals surface area contributed by atoms with E-state index in [0.29, 0.717) is 0 Å². The van der Waals surface area contributed by atoms with Crippen LogP contribution in [0, 0.1) is 11.6 Å². The van der Waals surface area contributed by atoms with Gasteiger partial charge in [0, 0.05) is 6.07 Å². The summed E-state index contributed by atoms with van der Waals surface area (Å²) in [5.74, 6) is -1.41. The second-order valence-electron chi connectivity index (χ2n) is 2.00. The molecule has 0 bridgehead atoms. The van der Waals surface area contributed by atoms with E-state index in [1.807, 2.05) is 0 Å². The lowest BCUT2D eigenvalue weighted by atomic mass is 10.3. The van der Waals surface area contributed by atoms with E-state index >= 15 is 0 Å². The maximum absolute atomic E-state index is 12.9. The molecule has 1 nitrogen and oxygen atoms in total. The Kier molecular flexibility index (Phi) is 3.06. The van der Waals surface area contributed by atoms with Crippen molar-refractivity contribution >= 4 is 31.9 Å². The Balaban J connectivity index is 3.40. The second kappa shape index (κ2) is 3.70. The van der Waals surface area contributed by atoms with Crippen LogP contribution in [0.4, 0.5) is 8.78 Å². The number of rotatable bonds is 1. The highest BCUT2D eigenvalue weighted by atomic mass is 79.9. The van der Waals surface area contributed by atoms with E-state index in [4.69, 9.17) is 4.74 Å². The quantitative estimate of drug-likeness (QED) is 0.570. The first kappa shape index (κ1) is 9.92. The zero-order valence-corrected chi connectivity index (χ0v) is 9.17. The van der Waals surface area contributed by atoms with Gasteiger partial charge in [-0.25, -0.2) is 8.78 Å². The predicted octanol–water partition coefficient (Wildman–Crippen LogP) is 3.50. The van der Waals surface area contributed by atoms with E-state index in [0.717, 1.165) is 6.07 Å². The van der Waals surface area contributed by atoms with Gasteiger partial charge < -0.3 is 4.74 Å². The second-order valence-corrected chi connectivity index (χ2v) is 3.59. The molecule has 0 spiro atoms. The summed E-state index contributed by atoms with van der Waals surface area (Å²) in [5, 5.41) is 0. The van der Waals surface area contributed by atoms with Crippen molar-refractivity contribution in [2.24, 2.45) is 0 Å². The van der Waals surface area contributed by atoms with Gasteiger partial charge >= 0.3 is 0 Å². The van der Waals surface area contributed by atoms with E-state index in [-0.39, 0.29) is 14.7 Å². The highest BCUT2D eigenvalue weighted by molar-refractivity contribution is 9.13. The van der Waals surface area contributed by atoms with Crippen molar-refractivity contribution in [2.45, 2.75) is 0 Å². The molecule has 0 aliphatic carbocycles. The van der Waals surface area contributed by atoms with Crippen molar-refractivity contribution < 1.29 is 13.5 Å². The van der Waals surface area contributed by atoms with Crippen LogP contribution in [0.15, 0.2) is 15.0 Å². The number of hydrogen-bond acceptors (Lipinski definition) is 1. The predicted molar refractivity (Wildman–Crippen MR) is 48.3 cm³/mol. The van der Waals surface area contributed by atoms with Gasteiger partial charge in [0.25, 0.3) is 0 Å². The Labute approximate surface area is 85.0 Å². The zero-order valence-electron chi connectivity index (χ0n) is 6.00. The largest absolute Gasteiger partial charge is 0.492 e. The minimum absolute atomic E-state index is 0.0109. The van der Waals surface area contributed by atoms with Crippen molar-refractivity contribution in [1.82, 2.24) is 0 Å². The van der Waals surface area contributed by atoms with E-state index in [9.17, 15) is 8.78 Å². The van der Waals surface area contributed by atoms with Crippen LogP contribution in [0.5, 0.6) is 5.75 Å². The first-order valence-electron chi connectivity index (χ1n) is 2.95. The van der Waals surface area contributed by atoms with Crippen LogP contribution in [0.3, 0.4) is 0 Å². The van der Waals surface area contributed by atoms with E-state index < -0.39 is 11.6 Å². The number of benzene rings is 1. The molecule has 12 heavy (non-hydrogen) atoms. The number of methoxy groups -OCH3 is 1. The third-order valence-corrected chi connectivity index (χ3v) is 3.34. The third kappa shape index (κ3) is 1.61. The molecule has 0 N–H and O–H groups in total. The molecule has 0 radical (unpaired) electrons. The summed E-state index contributed by atoms with van der Waals surface area (Å²) in [5.41, 5.74) is 0. The average molecular weight is 302 g/mol. The molecule has 0 aromatic heterocycles. The maximum atomic E-state index is 12.9. The fraction of sp³-hybridized carbons (Fsp3) is 0.143. The Hall–Kier alpha value is -0.160. The van der Waals surface area contributed by atoms with E-state index in [2.05, 4.69) is 31.9 Å². The van der Waals surface area contributed by atoms with Crippen molar-refractivity contribution in [1.29, 1.82) is 0 Å². The van der Waals surface area contributed by atoms with Crippen LogP contribution in [0.2, 0.25) is 0 Å². The lowest BCUT2D eigenvalue weighted by Gasteiger charge is -2.06. The minimum Gasteiger partial charge on any atom is -0.492 e. The van der Waals surface area contributed by atoms with Crippen molar-refractivity contribution in [3.05, 3.63) is 26.6 Å². The van der Waals surface area contributed by atoms with Gasteiger partial charge in [0.2, 0.25) is 0 Å². The van der Waals surface area contributed by atoms with Gasteiger partial charge in [-0.05, 0) is 31.9 Å². The molecule has 0 fully saturated rings. The van der Waals surface area contributed by atoms with E-state index in [1.165, 1.54) is 7.11 Å². The van der Waals surface area contributed by atoms with Gasteiger partial charge in [-0.3, -0.25) is 0 Å². The van der Waals surface area contributed by atoms with Gasteiger partial charge in [0.15, 0.2) is 11.6 Å². The lowest BCUT2D eigenvalue weighted by molar-refractivity contribution is 0.380. The molecular weight excluding hydrogens is 298 g/mol. The molecule has 0 unspecified atom stereocenters. The molecule has 1 rings (SSSR count). The zero-order chi connectivity index (χ0) is 9.30. The van der Waals surface area contributed by atoms with Crippen LogP contribution in [0.1, 0.15) is 0 Å². The molecular formula is C7H4Br2F2O. The fourth-order valence-corrected chi connectivity index (χ4v) is 1.57. The molecule has 0 saturated carbocycles. The molecule has 0 amide bonds. The monoisotopic (exact) mass is 300 g/mol. The van der Waals surface area contributed by atoms with Crippen LogP contribution >= 0.6 is 31.9 Å². The third-order valence-electron chi connectivity index (χ3n) is 1.28. The summed E-state index contributed by atoms with van der Waals surface area (Å²) < 4.78 is 30.7. The normalized spacial score (nSPS) is 10.1. The van der Waals surface area contributed by atoms with Crippen molar-refractivity contribution in [3.63, 3.8) is 0 Å².